The van der Waals surface area contributed by atoms with Crippen LogP contribution < -0.4 is 0 Å². The summed E-state index contributed by atoms with van der Waals surface area (Å²) in [5.74, 6) is 0. The molecule has 1 heterocycles. The molecule has 0 saturated heterocycles. The first-order valence-electron chi connectivity index (χ1n) is 4.28. The average molecular weight is 183 g/mol. The SMILES string of the molecule is CC(O)C1(Cc2cncs2)CC1. The molecule has 1 aliphatic rings. The molecule has 1 aliphatic carbocycles. The summed E-state index contributed by atoms with van der Waals surface area (Å²) in [4.78, 5) is 5.33. The molecule has 0 aliphatic heterocycles. The van der Waals surface area contributed by atoms with Gasteiger partial charge in [0.2, 0.25) is 0 Å². The van der Waals surface area contributed by atoms with E-state index in [-0.39, 0.29) is 11.5 Å². The van der Waals surface area contributed by atoms with Crippen molar-refractivity contribution in [2.75, 3.05) is 0 Å². The van der Waals surface area contributed by atoms with Crippen molar-refractivity contribution in [1.29, 1.82) is 0 Å². The lowest BCUT2D eigenvalue weighted by Gasteiger charge is -2.16. The van der Waals surface area contributed by atoms with E-state index in [1.807, 2.05) is 18.6 Å². The maximum Gasteiger partial charge on any atom is 0.0794 e. The van der Waals surface area contributed by atoms with Crippen LogP contribution in [-0.2, 0) is 6.42 Å². The molecule has 1 unspecified atom stereocenters. The zero-order valence-electron chi connectivity index (χ0n) is 7.16. The van der Waals surface area contributed by atoms with Crippen LogP contribution in [0.4, 0.5) is 0 Å². The molecule has 1 aromatic heterocycles. The normalized spacial score (nSPS) is 22.2. The predicted molar refractivity (Wildman–Crippen MR) is 49.2 cm³/mol. The quantitative estimate of drug-likeness (QED) is 0.775. The number of aliphatic hydroxyl groups excluding tert-OH is 1. The Kier molecular flexibility index (Phi) is 1.93. The zero-order chi connectivity index (χ0) is 8.60. The van der Waals surface area contributed by atoms with Gasteiger partial charge >= 0.3 is 0 Å². The van der Waals surface area contributed by atoms with E-state index in [1.165, 1.54) is 17.7 Å². The molecule has 1 saturated carbocycles. The van der Waals surface area contributed by atoms with E-state index in [2.05, 4.69) is 4.98 Å². The van der Waals surface area contributed by atoms with Crippen LogP contribution >= 0.6 is 11.3 Å². The van der Waals surface area contributed by atoms with E-state index in [9.17, 15) is 5.11 Å². The summed E-state index contributed by atoms with van der Waals surface area (Å²) in [5.41, 5.74) is 2.06. The fourth-order valence-electron chi connectivity index (χ4n) is 1.58. The molecular weight excluding hydrogens is 170 g/mol. The van der Waals surface area contributed by atoms with Gasteiger partial charge in [0.05, 0.1) is 11.6 Å². The molecule has 0 radical (unpaired) electrons. The summed E-state index contributed by atoms with van der Waals surface area (Å²) in [7, 11) is 0. The maximum absolute atomic E-state index is 9.53. The fourth-order valence-corrected chi connectivity index (χ4v) is 2.33. The second-order valence-electron chi connectivity index (χ2n) is 3.68. The van der Waals surface area contributed by atoms with Gasteiger partial charge in [0, 0.05) is 16.5 Å². The third-order valence-electron chi connectivity index (χ3n) is 2.79. The summed E-state index contributed by atoms with van der Waals surface area (Å²) in [6, 6.07) is 0. The molecule has 66 valence electrons. The van der Waals surface area contributed by atoms with Gasteiger partial charge in [-0.3, -0.25) is 4.98 Å². The van der Waals surface area contributed by atoms with Crippen LogP contribution in [0.2, 0.25) is 0 Å². The van der Waals surface area contributed by atoms with E-state index in [0.717, 1.165) is 6.42 Å². The Hall–Kier alpha value is -0.410. The number of hydrogen-bond donors (Lipinski definition) is 1. The van der Waals surface area contributed by atoms with Gasteiger partial charge in [-0.2, -0.15) is 0 Å². The molecule has 0 amide bonds. The number of aromatic nitrogens is 1. The zero-order valence-corrected chi connectivity index (χ0v) is 7.97. The van der Waals surface area contributed by atoms with Crippen LogP contribution in [-0.4, -0.2) is 16.2 Å². The van der Waals surface area contributed by atoms with Crippen molar-refractivity contribution in [1.82, 2.24) is 4.98 Å². The van der Waals surface area contributed by atoms with Crippen LogP contribution in [0.15, 0.2) is 11.7 Å². The average Bonchev–Trinajstić information content (AvgIpc) is 2.60. The van der Waals surface area contributed by atoms with Crippen molar-refractivity contribution >= 4 is 11.3 Å². The lowest BCUT2D eigenvalue weighted by Crippen LogP contribution is -2.19. The summed E-state index contributed by atoms with van der Waals surface area (Å²) >= 11 is 1.68. The lowest BCUT2D eigenvalue weighted by molar-refractivity contribution is 0.111. The largest absolute Gasteiger partial charge is 0.393 e. The smallest absolute Gasteiger partial charge is 0.0794 e. The van der Waals surface area contributed by atoms with Crippen LogP contribution in [0, 0.1) is 5.41 Å². The molecule has 2 nitrogen and oxygen atoms in total. The third-order valence-corrected chi connectivity index (χ3v) is 3.57. The van der Waals surface area contributed by atoms with Crippen molar-refractivity contribution in [3.63, 3.8) is 0 Å². The van der Waals surface area contributed by atoms with Crippen LogP contribution in [0.1, 0.15) is 24.6 Å². The Bertz CT molecular complexity index is 252. The van der Waals surface area contributed by atoms with Crippen molar-refractivity contribution < 1.29 is 5.11 Å². The van der Waals surface area contributed by atoms with Crippen molar-refractivity contribution in [3.8, 4) is 0 Å². The standard InChI is InChI=1S/C9H13NOS/c1-7(11)9(2-3-9)4-8-5-10-6-12-8/h5-7,11H,2-4H2,1H3. The van der Waals surface area contributed by atoms with Gasteiger partial charge in [0.1, 0.15) is 0 Å². The molecule has 0 aromatic carbocycles. The highest BCUT2D eigenvalue weighted by Crippen LogP contribution is 2.51. The Morgan fingerprint density at radius 2 is 2.50 bits per heavy atom. The molecule has 1 N–H and O–H groups in total. The van der Waals surface area contributed by atoms with Crippen LogP contribution in [0.3, 0.4) is 0 Å². The van der Waals surface area contributed by atoms with E-state index in [0.29, 0.717) is 0 Å². The number of hydrogen-bond acceptors (Lipinski definition) is 3. The Morgan fingerprint density at radius 1 is 1.75 bits per heavy atom. The molecular formula is C9H13NOS. The first-order chi connectivity index (χ1) is 5.73. The van der Waals surface area contributed by atoms with Gasteiger partial charge in [0.15, 0.2) is 0 Å². The monoisotopic (exact) mass is 183 g/mol. The molecule has 3 heteroatoms. The van der Waals surface area contributed by atoms with Gasteiger partial charge in [0.25, 0.3) is 0 Å². The minimum atomic E-state index is -0.167. The summed E-state index contributed by atoms with van der Waals surface area (Å²) in [5, 5.41) is 9.53. The summed E-state index contributed by atoms with van der Waals surface area (Å²) in [6.07, 6.45) is 5.09. The number of nitrogens with zero attached hydrogens (tertiary/aromatic N) is 1. The van der Waals surface area contributed by atoms with Crippen molar-refractivity contribution in [3.05, 3.63) is 16.6 Å². The minimum absolute atomic E-state index is 0.167. The third kappa shape index (κ3) is 1.39. The summed E-state index contributed by atoms with van der Waals surface area (Å²) < 4.78 is 0. The highest BCUT2D eigenvalue weighted by Gasteiger charge is 2.46. The molecule has 0 spiro atoms. The van der Waals surface area contributed by atoms with E-state index >= 15 is 0 Å². The van der Waals surface area contributed by atoms with Gasteiger partial charge in [-0.15, -0.1) is 11.3 Å². The number of aliphatic hydroxyl groups is 1. The second kappa shape index (κ2) is 2.82. The summed E-state index contributed by atoms with van der Waals surface area (Å²) in [6.45, 7) is 1.90. The van der Waals surface area contributed by atoms with Gasteiger partial charge in [-0.1, -0.05) is 0 Å². The molecule has 0 bridgehead atoms. The van der Waals surface area contributed by atoms with Gasteiger partial charge < -0.3 is 5.11 Å². The van der Waals surface area contributed by atoms with Crippen LogP contribution in [0.5, 0.6) is 0 Å². The molecule has 2 rings (SSSR count). The number of thiazole rings is 1. The first kappa shape index (κ1) is 8.20. The second-order valence-corrected chi connectivity index (χ2v) is 4.65. The molecule has 1 aromatic rings. The Morgan fingerprint density at radius 3 is 2.92 bits per heavy atom. The molecule has 12 heavy (non-hydrogen) atoms. The van der Waals surface area contributed by atoms with E-state index in [1.54, 1.807) is 11.3 Å². The molecule has 1 atom stereocenters. The van der Waals surface area contributed by atoms with Crippen molar-refractivity contribution in [2.24, 2.45) is 5.41 Å². The lowest BCUT2D eigenvalue weighted by atomic mass is 9.96. The fraction of sp³-hybridized carbons (Fsp3) is 0.667. The number of rotatable bonds is 3. The van der Waals surface area contributed by atoms with Crippen molar-refractivity contribution in [2.45, 2.75) is 32.3 Å². The Labute approximate surface area is 76.3 Å². The van der Waals surface area contributed by atoms with E-state index < -0.39 is 0 Å². The van der Waals surface area contributed by atoms with Crippen LogP contribution in [0.25, 0.3) is 0 Å². The first-order valence-corrected chi connectivity index (χ1v) is 5.16. The molecule has 1 fully saturated rings. The topological polar surface area (TPSA) is 33.1 Å². The predicted octanol–water partition coefficient (Wildman–Crippen LogP) is 1.85. The van der Waals surface area contributed by atoms with Gasteiger partial charge in [-0.05, 0) is 26.2 Å². The van der Waals surface area contributed by atoms with Gasteiger partial charge in [-0.25, -0.2) is 0 Å². The minimum Gasteiger partial charge on any atom is -0.393 e. The Balaban J connectivity index is 2.04. The highest BCUT2D eigenvalue weighted by molar-refractivity contribution is 7.09. The highest BCUT2D eigenvalue weighted by atomic mass is 32.1. The maximum atomic E-state index is 9.53. The van der Waals surface area contributed by atoms with E-state index in [4.69, 9.17) is 0 Å².